The minimum atomic E-state index is -0.0298. The number of tetrazole rings is 2. The lowest BCUT2D eigenvalue weighted by Crippen LogP contribution is -2.30. The Bertz CT molecular complexity index is 1640. The molecule has 10 nitrogen and oxygen atoms in total. The number of pyridine rings is 1. The van der Waals surface area contributed by atoms with Crippen LogP contribution in [0.5, 0.6) is 0 Å². The Kier molecular flexibility index (Phi) is 6.23. The van der Waals surface area contributed by atoms with Gasteiger partial charge in [-0.05, 0) is 88.0 Å². The maximum absolute atomic E-state index is 5.56. The molecule has 0 saturated heterocycles. The maximum Gasteiger partial charge on any atom is 0.184 e. The van der Waals surface area contributed by atoms with Crippen LogP contribution in [-0.4, -0.2) is 45.1 Å². The van der Waals surface area contributed by atoms with Gasteiger partial charge < -0.3 is 4.42 Å². The second-order valence-electron chi connectivity index (χ2n) is 9.28. The number of nitrogens with zero attached hydrogens (tertiary/aromatic N) is 9. The predicted octanol–water partition coefficient (Wildman–Crippen LogP) is 4.74. The van der Waals surface area contributed by atoms with E-state index in [0.717, 1.165) is 46.7 Å². The molecule has 37 heavy (non-hydrogen) atoms. The fourth-order valence-corrected chi connectivity index (χ4v) is 5.77. The number of thiophene rings is 1. The summed E-state index contributed by atoms with van der Waals surface area (Å²) in [5.41, 5.74) is 5.22. The monoisotopic (exact) mass is 513 g/mol. The second kappa shape index (κ2) is 9.83. The number of rotatable bonds is 9. The maximum atomic E-state index is 5.56. The van der Waals surface area contributed by atoms with E-state index >= 15 is 0 Å². The van der Waals surface area contributed by atoms with Crippen molar-refractivity contribution < 1.29 is 4.42 Å². The van der Waals surface area contributed by atoms with E-state index in [4.69, 9.17) is 4.42 Å². The normalized spacial score (nSPS) is 12.8. The van der Waals surface area contributed by atoms with Crippen molar-refractivity contribution >= 4 is 27.9 Å². The van der Waals surface area contributed by atoms with Crippen molar-refractivity contribution in [1.82, 2.24) is 45.1 Å². The summed E-state index contributed by atoms with van der Waals surface area (Å²) in [4.78, 5) is 3.68. The number of aromatic nitrogens is 8. The van der Waals surface area contributed by atoms with Crippen molar-refractivity contribution in [3.8, 4) is 0 Å². The molecule has 0 N–H and O–H groups in total. The van der Waals surface area contributed by atoms with Gasteiger partial charge in [-0.15, -0.1) is 21.5 Å². The van der Waals surface area contributed by atoms with Gasteiger partial charge >= 0.3 is 0 Å². The molecule has 11 heteroatoms. The number of hydrogen-bond acceptors (Lipinski definition) is 9. The lowest BCUT2D eigenvalue weighted by Gasteiger charge is -2.30. The van der Waals surface area contributed by atoms with Crippen molar-refractivity contribution in [2.75, 3.05) is 0 Å². The number of aryl methyl sites for hydroxylation is 2. The molecule has 0 unspecified atom stereocenters. The van der Waals surface area contributed by atoms with Crippen LogP contribution >= 0.6 is 11.3 Å². The summed E-state index contributed by atoms with van der Waals surface area (Å²) in [5, 5.41) is 28.8. The lowest BCUT2D eigenvalue weighted by atomic mass is 10.0. The Hall–Kier alpha value is -3.96. The summed E-state index contributed by atoms with van der Waals surface area (Å²) >= 11 is 1.75. The Morgan fingerprint density at radius 2 is 1.92 bits per heavy atom. The molecule has 0 fully saturated rings. The highest BCUT2D eigenvalue weighted by Crippen LogP contribution is 2.31. The quantitative estimate of drug-likeness (QED) is 0.273. The van der Waals surface area contributed by atoms with Crippen molar-refractivity contribution in [3.63, 3.8) is 0 Å². The van der Waals surface area contributed by atoms with Crippen molar-refractivity contribution in [2.24, 2.45) is 0 Å². The highest BCUT2D eigenvalue weighted by atomic mass is 32.1. The number of furan rings is 1. The topological polar surface area (TPSA) is 103 Å². The minimum absolute atomic E-state index is 0.0298. The molecule has 6 rings (SSSR count). The molecule has 0 aliphatic heterocycles. The predicted molar refractivity (Wildman–Crippen MR) is 140 cm³/mol. The first kappa shape index (κ1) is 23.4. The zero-order chi connectivity index (χ0) is 25.4. The van der Waals surface area contributed by atoms with Crippen molar-refractivity contribution in [3.05, 3.63) is 87.3 Å². The molecule has 0 amide bonds. The molecule has 5 aromatic heterocycles. The van der Waals surface area contributed by atoms with Gasteiger partial charge in [0.15, 0.2) is 11.5 Å². The molecule has 5 heterocycles. The average Bonchev–Trinajstić information content (AvgIpc) is 3.69. The smallest absolute Gasteiger partial charge is 0.184 e. The first-order valence-corrected chi connectivity index (χ1v) is 13.1. The Morgan fingerprint density at radius 1 is 1.03 bits per heavy atom. The Morgan fingerprint density at radius 3 is 2.70 bits per heavy atom. The molecule has 188 valence electrons. The third-order valence-corrected chi connectivity index (χ3v) is 7.56. The summed E-state index contributed by atoms with van der Waals surface area (Å²) in [7, 11) is 0. The van der Waals surface area contributed by atoms with E-state index in [9.17, 15) is 0 Å². The molecule has 0 spiro atoms. The summed E-state index contributed by atoms with van der Waals surface area (Å²) in [6.07, 6.45) is 2.50. The van der Waals surface area contributed by atoms with E-state index in [1.807, 2.05) is 21.3 Å². The number of fused-ring (bicyclic) bond motifs is 3. The fraction of sp³-hybridized carbons (Fsp3) is 0.308. The first-order valence-electron chi connectivity index (χ1n) is 12.3. The van der Waals surface area contributed by atoms with Crippen LogP contribution in [0, 0.1) is 13.8 Å². The SMILES string of the molecule is CC[C@H](c1nnnn1Cc1ccco1)N(Cc1cccs1)Cc1cc2c(C)cc(C)cc2n2nnnc12. The third-order valence-electron chi connectivity index (χ3n) is 6.70. The van der Waals surface area contributed by atoms with Crippen molar-refractivity contribution in [2.45, 2.75) is 52.9 Å². The number of benzene rings is 1. The summed E-state index contributed by atoms with van der Waals surface area (Å²) in [5.74, 6) is 1.61. The largest absolute Gasteiger partial charge is 0.467 e. The van der Waals surface area contributed by atoms with Crippen LogP contribution in [0.4, 0.5) is 0 Å². The lowest BCUT2D eigenvalue weighted by molar-refractivity contribution is 0.163. The van der Waals surface area contributed by atoms with Crippen LogP contribution in [0.1, 0.15) is 52.5 Å². The van der Waals surface area contributed by atoms with Gasteiger partial charge in [-0.25, -0.2) is 4.68 Å². The molecule has 0 aliphatic rings. The minimum Gasteiger partial charge on any atom is -0.467 e. The van der Waals surface area contributed by atoms with Gasteiger partial charge in [0.1, 0.15) is 12.3 Å². The van der Waals surface area contributed by atoms with Crippen LogP contribution in [-0.2, 0) is 19.6 Å². The van der Waals surface area contributed by atoms with Crippen LogP contribution < -0.4 is 0 Å². The molecule has 0 radical (unpaired) electrons. The van der Waals surface area contributed by atoms with E-state index in [1.165, 1.54) is 16.0 Å². The van der Waals surface area contributed by atoms with Crippen molar-refractivity contribution in [1.29, 1.82) is 0 Å². The molecule has 0 bridgehead atoms. The summed E-state index contributed by atoms with van der Waals surface area (Å²) < 4.78 is 9.25. The molecule has 1 aromatic carbocycles. The highest BCUT2D eigenvalue weighted by molar-refractivity contribution is 7.09. The Balaban J connectivity index is 1.43. The van der Waals surface area contributed by atoms with Gasteiger partial charge in [-0.1, -0.05) is 19.1 Å². The van der Waals surface area contributed by atoms with E-state index in [1.54, 1.807) is 17.6 Å². The van der Waals surface area contributed by atoms with Gasteiger partial charge in [0.25, 0.3) is 0 Å². The standard InChI is InChI=1S/C26H27N9OS/c1-4-23(26-28-29-31-34(26)15-20-7-5-9-36-20)33(16-21-8-6-10-37-21)14-19-13-22-18(3)11-17(2)12-24(22)35-25(19)27-30-32-35/h5-13,23H,4,14-16H2,1-3H3/t23-/m1/s1. The molecule has 0 saturated carbocycles. The fourth-order valence-electron chi connectivity index (χ4n) is 5.04. The van der Waals surface area contributed by atoms with Crippen LogP contribution in [0.25, 0.3) is 16.6 Å². The van der Waals surface area contributed by atoms with Crippen LogP contribution in [0.2, 0.25) is 0 Å². The van der Waals surface area contributed by atoms with Gasteiger partial charge in [0, 0.05) is 28.9 Å². The summed E-state index contributed by atoms with van der Waals surface area (Å²) in [6.45, 7) is 8.26. The van der Waals surface area contributed by atoms with Gasteiger partial charge in [0.05, 0.1) is 17.8 Å². The van der Waals surface area contributed by atoms with E-state index in [2.05, 4.69) is 92.4 Å². The van der Waals surface area contributed by atoms with Crippen LogP contribution in [0.3, 0.4) is 0 Å². The van der Waals surface area contributed by atoms with E-state index < -0.39 is 0 Å². The molecule has 6 aromatic rings. The summed E-state index contributed by atoms with van der Waals surface area (Å²) in [6, 6.07) is 14.6. The first-order chi connectivity index (χ1) is 18.1. The van der Waals surface area contributed by atoms with Gasteiger partial charge in [-0.2, -0.15) is 4.52 Å². The zero-order valence-electron chi connectivity index (χ0n) is 20.9. The third kappa shape index (κ3) is 4.51. The average molecular weight is 514 g/mol. The van der Waals surface area contributed by atoms with E-state index in [0.29, 0.717) is 13.1 Å². The molecule has 0 aliphatic carbocycles. The zero-order valence-corrected chi connectivity index (χ0v) is 21.8. The number of hydrogen-bond donors (Lipinski definition) is 0. The second-order valence-corrected chi connectivity index (χ2v) is 10.3. The Labute approximate surface area is 217 Å². The van der Waals surface area contributed by atoms with E-state index in [-0.39, 0.29) is 6.04 Å². The van der Waals surface area contributed by atoms with Gasteiger partial charge in [-0.3, -0.25) is 4.90 Å². The van der Waals surface area contributed by atoms with Gasteiger partial charge in [0.2, 0.25) is 0 Å². The van der Waals surface area contributed by atoms with Crippen LogP contribution in [0.15, 0.2) is 58.5 Å². The molecule has 1 atom stereocenters. The molecular weight excluding hydrogens is 486 g/mol. The molecular formula is C26H27N9OS. The highest BCUT2D eigenvalue weighted by Gasteiger charge is 2.27.